The molecule has 3 N–H and O–H groups in total. The Bertz CT molecular complexity index is 999. The van der Waals surface area contributed by atoms with E-state index in [0.29, 0.717) is 24.4 Å². The molecule has 3 rings (SSSR count). The van der Waals surface area contributed by atoms with E-state index in [2.05, 4.69) is 9.97 Å². The van der Waals surface area contributed by atoms with Crippen molar-refractivity contribution < 1.29 is 14.7 Å². The lowest BCUT2D eigenvalue weighted by Crippen LogP contribution is -2.39. The molecule has 2 aromatic rings. The zero-order chi connectivity index (χ0) is 21.3. The van der Waals surface area contributed by atoms with Crippen molar-refractivity contribution in [3.05, 3.63) is 52.9 Å². The highest BCUT2D eigenvalue weighted by Crippen LogP contribution is 2.31. The molecule has 1 aliphatic heterocycles. The van der Waals surface area contributed by atoms with Crippen LogP contribution in [0, 0.1) is 0 Å². The summed E-state index contributed by atoms with van der Waals surface area (Å²) in [7, 11) is 1.68. The number of likely N-dealkylation sites (N-methyl/N-ethyl adjacent to an activating group) is 1. The second-order valence-electron chi connectivity index (χ2n) is 7.81. The van der Waals surface area contributed by atoms with Gasteiger partial charge in [0, 0.05) is 31.3 Å². The van der Waals surface area contributed by atoms with Gasteiger partial charge in [0.05, 0.1) is 0 Å². The first-order valence-corrected chi connectivity index (χ1v) is 9.58. The molecule has 29 heavy (non-hydrogen) atoms. The Labute approximate surface area is 170 Å². The fraction of sp³-hybridized carbons (Fsp3) is 0.364. The number of hydrogen-bond acceptors (Lipinski definition) is 5. The zero-order valence-corrected chi connectivity index (χ0v) is 17.1. The average Bonchev–Trinajstić information content (AvgIpc) is 2.96. The van der Waals surface area contributed by atoms with Crippen LogP contribution in [0.15, 0.2) is 35.9 Å². The van der Waals surface area contributed by atoms with Crippen LogP contribution in [0.4, 0.5) is 0 Å². The van der Waals surface area contributed by atoms with Gasteiger partial charge in [-0.2, -0.15) is 0 Å². The second kappa shape index (κ2) is 7.75. The number of likely N-dealkylation sites (tertiary alicyclic amines) is 1. The maximum Gasteiger partial charge on any atom is 0.267 e. The van der Waals surface area contributed by atoms with Crippen molar-refractivity contribution in [1.82, 2.24) is 14.9 Å². The summed E-state index contributed by atoms with van der Waals surface area (Å²) < 4.78 is 0. The van der Waals surface area contributed by atoms with Crippen molar-refractivity contribution in [2.24, 2.45) is 5.73 Å². The molecule has 0 radical (unpaired) electrons. The third-order valence-electron chi connectivity index (χ3n) is 5.28. The number of nitrogens with two attached hydrogens (primary N) is 1. The van der Waals surface area contributed by atoms with Crippen LogP contribution < -0.4 is 5.73 Å². The Balaban J connectivity index is 2.00. The molecule has 1 aromatic heterocycles. The van der Waals surface area contributed by atoms with Gasteiger partial charge in [-0.3, -0.25) is 9.59 Å². The molecule has 7 heteroatoms. The summed E-state index contributed by atoms with van der Waals surface area (Å²) in [6.07, 6.45) is 2.16. The summed E-state index contributed by atoms with van der Waals surface area (Å²) in [5.41, 5.74) is 6.96. The molecule has 7 nitrogen and oxygen atoms in total. The highest BCUT2D eigenvalue weighted by molar-refractivity contribution is 5.92. The van der Waals surface area contributed by atoms with Crippen molar-refractivity contribution >= 4 is 17.9 Å². The highest BCUT2D eigenvalue weighted by atomic mass is 16.3. The predicted molar refractivity (Wildman–Crippen MR) is 111 cm³/mol. The SMILES string of the molecule is CC(=Cc1cccc(-c2nc(C(N)=O)cc(C(C)C)n2)c1)C1(O)CCN(C)C1=O. The minimum Gasteiger partial charge on any atom is -0.376 e. The topological polar surface area (TPSA) is 109 Å². The molecule has 1 atom stereocenters. The van der Waals surface area contributed by atoms with E-state index < -0.39 is 11.5 Å². The fourth-order valence-electron chi connectivity index (χ4n) is 3.37. The Morgan fingerprint density at radius 3 is 2.62 bits per heavy atom. The van der Waals surface area contributed by atoms with Gasteiger partial charge < -0.3 is 15.7 Å². The van der Waals surface area contributed by atoms with Crippen molar-refractivity contribution in [2.75, 3.05) is 13.6 Å². The van der Waals surface area contributed by atoms with Crippen LogP contribution in [0.5, 0.6) is 0 Å². The number of rotatable bonds is 5. The molecule has 0 aliphatic carbocycles. The van der Waals surface area contributed by atoms with Crippen LogP contribution in [0.3, 0.4) is 0 Å². The lowest BCUT2D eigenvalue weighted by atomic mass is 9.91. The van der Waals surface area contributed by atoms with Crippen molar-refractivity contribution in [1.29, 1.82) is 0 Å². The number of carbonyl (C=O) groups is 2. The number of carbonyl (C=O) groups excluding carboxylic acids is 2. The fourth-order valence-corrected chi connectivity index (χ4v) is 3.37. The summed E-state index contributed by atoms with van der Waals surface area (Å²) in [4.78, 5) is 34.4. The second-order valence-corrected chi connectivity index (χ2v) is 7.81. The van der Waals surface area contributed by atoms with Gasteiger partial charge in [-0.1, -0.05) is 38.1 Å². The van der Waals surface area contributed by atoms with E-state index in [1.165, 1.54) is 4.90 Å². The normalized spacial score (nSPS) is 19.9. The van der Waals surface area contributed by atoms with Crippen LogP contribution in [0.25, 0.3) is 17.5 Å². The Morgan fingerprint density at radius 2 is 2.03 bits per heavy atom. The minimum atomic E-state index is -1.47. The maximum atomic E-state index is 12.3. The summed E-state index contributed by atoms with van der Waals surface area (Å²) in [5.74, 6) is -0.372. The Hall–Kier alpha value is -3.06. The molecule has 2 amide bonds. The van der Waals surface area contributed by atoms with Gasteiger partial charge in [0.2, 0.25) is 0 Å². The summed E-state index contributed by atoms with van der Waals surface area (Å²) >= 11 is 0. The van der Waals surface area contributed by atoms with E-state index in [4.69, 9.17) is 5.73 Å². The summed E-state index contributed by atoms with van der Waals surface area (Å²) in [6, 6.07) is 9.04. The quantitative estimate of drug-likeness (QED) is 0.809. The average molecular weight is 394 g/mol. The Kier molecular flexibility index (Phi) is 5.53. The summed E-state index contributed by atoms with van der Waals surface area (Å²) in [6.45, 7) is 6.24. The molecule has 0 bridgehead atoms. The molecule has 2 heterocycles. The zero-order valence-electron chi connectivity index (χ0n) is 17.1. The van der Waals surface area contributed by atoms with Gasteiger partial charge in [-0.25, -0.2) is 9.97 Å². The number of hydrogen-bond donors (Lipinski definition) is 2. The Morgan fingerprint density at radius 1 is 1.31 bits per heavy atom. The van der Waals surface area contributed by atoms with Crippen LogP contribution in [-0.4, -0.2) is 51.0 Å². The van der Waals surface area contributed by atoms with Crippen LogP contribution >= 0.6 is 0 Å². The third kappa shape index (κ3) is 4.05. The predicted octanol–water partition coefficient (Wildman–Crippen LogP) is 2.36. The number of primary amides is 1. The van der Waals surface area contributed by atoms with Gasteiger partial charge in [-0.05, 0) is 36.1 Å². The molecule has 1 unspecified atom stereocenters. The third-order valence-corrected chi connectivity index (χ3v) is 5.28. The molecule has 0 spiro atoms. The number of nitrogens with zero attached hydrogens (tertiary/aromatic N) is 3. The van der Waals surface area contributed by atoms with Crippen LogP contribution in [0.2, 0.25) is 0 Å². The van der Waals surface area contributed by atoms with Gasteiger partial charge >= 0.3 is 0 Å². The highest BCUT2D eigenvalue weighted by Gasteiger charge is 2.44. The molecule has 1 aromatic carbocycles. The standard InChI is InChI=1S/C22H26N4O3/c1-13(2)17-12-18(19(23)27)25-20(24-17)16-7-5-6-15(11-16)10-14(3)22(29)8-9-26(4)21(22)28/h5-7,10-13,29H,8-9H2,1-4H3,(H2,23,27). The van der Waals surface area contributed by atoms with Crippen molar-refractivity contribution in [2.45, 2.75) is 38.7 Å². The van der Waals surface area contributed by atoms with E-state index in [1.807, 2.05) is 38.1 Å². The largest absolute Gasteiger partial charge is 0.376 e. The van der Waals surface area contributed by atoms with Gasteiger partial charge in [0.1, 0.15) is 5.69 Å². The number of amides is 2. The molecule has 1 fully saturated rings. The molecule has 1 saturated heterocycles. The van der Waals surface area contributed by atoms with E-state index in [-0.39, 0.29) is 17.5 Å². The number of benzene rings is 1. The molecule has 1 aliphatic rings. The monoisotopic (exact) mass is 394 g/mol. The molecule has 152 valence electrons. The molecular weight excluding hydrogens is 368 g/mol. The first-order valence-electron chi connectivity index (χ1n) is 9.58. The lowest BCUT2D eigenvalue weighted by molar-refractivity contribution is -0.139. The summed E-state index contributed by atoms with van der Waals surface area (Å²) in [5, 5.41) is 10.8. The smallest absolute Gasteiger partial charge is 0.267 e. The molecular formula is C22H26N4O3. The van der Waals surface area contributed by atoms with Gasteiger partial charge in [-0.15, -0.1) is 0 Å². The van der Waals surface area contributed by atoms with Gasteiger partial charge in [0.25, 0.3) is 11.8 Å². The number of aliphatic hydroxyl groups is 1. The minimum absolute atomic E-state index is 0.111. The van der Waals surface area contributed by atoms with E-state index in [0.717, 1.165) is 16.8 Å². The first kappa shape index (κ1) is 20.7. The molecule has 0 saturated carbocycles. The van der Waals surface area contributed by atoms with Crippen molar-refractivity contribution in [3.63, 3.8) is 0 Å². The van der Waals surface area contributed by atoms with E-state index >= 15 is 0 Å². The van der Waals surface area contributed by atoms with E-state index in [1.54, 1.807) is 26.1 Å². The number of aromatic nitrogens is 2. The van der Waals surface area contributed by atoms with Crippen LogP contribution in [-0.2, 0) is 4.79 Å². The van der Waals surface area contributed by atoms with Crippen molar-refractivity contribution in [3.8, 4) is 11.4 Å². The lowest BCUT2D eigenvalue weighted by Gasteiger charge is -2.21. The maximum absolute atomic E-state index is 12.3. The van der Waals surface area contributed by atoms with E-state index in [9.17, 15) is 14.7 Å². The van der Waals surface area contributed by atoms with Gasteiger partial charge in [0.15, 0.2) is 11.4 Å². The van der Waals surface area contributed by atoms with Crippen LogP contribution in [0.1, 0.15) is 54.9 Å². The first-order chi connectivity index (χ1) is 13.6.